The van der Waals surface area contributed by atoms with Gasteiger partial charge in [0.2, 0.25) is 0 Å². The van der Waals surface area contributed by atoms with Gasteiger partial charge in [-0.1, -0.05) is 23.7 Å². The van der Waals surface area contributed by atoms with Crippen LogP contribution in [0.5, 0.6) is 0 Å². The molecule has 0 radical (unpaired) electrons. The van der Waals surface area contributed by atoms with Crippen LogP contribution < -0.4 is 5.32 Å². The molecule has 0 atom stereocenters. The fourth-order valence-corrected chi connectivity index (χ4v) is 1.84. The number of hydrogen-bond donors (Lipinski definition) is 2. The molecule has 2 N–H and O–H groups in total. The number of nitrogens with zero attached hydrogens (tertiary/aromatic N) is 1. The van der Waals surface area contributed by atoms with E-state index in [0.717, 1.165) is 5.56 Å². The van der Waals surface area contributed by atoms with E-state index in [1.807, 2.05) is 12.1 Å². The molecule has 0 amide bonds. The summed E-state index contributed by atoms with van der Waals surface area (Å²) in [5.41, 5.74) is 1.55. The molecule has 5 heteroatoms. The van der Waals surface area contributed by atoms with Gasteiger partial charge < -0.3 is 10.4 Å². The molecule has 0 unspecified atom stereocenters. The summed E-state index contributed by atoms with van der Waals surface area (Å²) < 4.78 is 0. The van der Waals surface area contributed by atoms with Crippen LogP contribution in [-0.2, 0) is 6.54 Å². The minimum Gasteiger partial charge on any atom is -0.478 e. The van der Waals surface area contributed by atoms with Crippen LogP contribution >= 0.6 is 11.6 Å². The van der Waals surface area contributed by atoms with E-state index < -0.39 is 5.97 Å². The van der Waals surface area contributed by atoms with Gasteiger partial charge >= 0.3 is 5.97 Å². The molecule has 0 spiro atoms. The molecule has 1 heterocycles. The Hall–Kier alpha value is -2.07. The molecule has 0 saturated heterocycles. The highest BCUT2D eigenvalue weighted by Crippen LogP contribution is 2.24. The number of pyridine rings is 1. The molecular weight excluding hydrogens is 252 g/mol. The third-order valence-electron chi connectivity index (χ3n) is 2.43. The number of carboxylic acid groups (broad SMARTS) is 1. The van der Waals surface area contributed by atoms with Crippen LogP contribution in [0.15, 0.2) is 42.7 Å². The standard InChI is InChI=1S/C13H11ClN2O2/c14-10-4-1-5-11(12(10)13(17)18)16-8-9-3-2-6-15-7-9/h1-7,16H,8H2,(H,17,18). The van der Waals surface area contributed by atoms with E-state index in [1.165, 1.54) is 0 Å². The summed E-state index contributed by atoms with van der Waals surface area (Å²) in [5.74, 6) is -1.05. The Bertz CT molecular complexity index is 558. The Balaban J connectivity index is 2.20. The molecule has 0 aliphatic rings. The molecule has 0 bridgehead atoms. The van der Waals surface area contributed by atoms with E-state index in [0.29, 0.717) is 12.2 Å². The number of benzene rings is 1. The second-order valence-electron chi connectivity index (χ2n) is 3.68. The van der Waals surface area contributed by atoms with Crippen LogP contribution in [-0.4, -0.2) is 16.1 Å². The Morgan fingerprint density at radius 3 is 2.83 bits per heavy atom. The molecule has 1 aromatic carbocycles. The minimum atomic E-state index is -1.05. The quantitative estimate of drug-likeness (QED) is 0.889. The predicted octanol–water partition coefficient (Wildman–Crippen LogP) is 3.05. The maximum absolute atomic E-state index is 11.1. The second-order valence-corrected chi connectivity index (χ2v) is 4.09. The minimum absolute atomic E-state index is 0.0862. The Labute approximate surface area is 109 Å². The third kappa shape index (κ3) is 2.78. The lowest BCUT2D eigenvalue weighted by atomic mass is 10.1. The highest BCUT2D eigenvalue weighted by atomic mass is 35.5. The summed E-state index contributed by atoms with van der Waals surface area (Å²) in [4.78, 5) is 15.1. The van der Waals surface area contributed by atoms with Gasteiger partial charge in [0.25, 0.3) is 0 Å². The van der Waals surface area contributed by atoms with Crippen molar-refractivity contribution in [1.82, 2.24) is 4.98 Å². The largest absolute Gasteiger partial charge is 0.478 e. The number of halogens is 1. The third-order valence-corrected chi connectivity index (χ3v) is 2.75. The van der Waals surface area contributed by atoms with Gasteiger partial charge in [0.05, 0.1) is 10.7 Å². The number of aromatic carboxylic acids is 1. The van der Waals surface area contributed by atoms with Crippen LogP contribution in [0.4, 0.5) is 5.69 Å². The van der Waals surface area contributed by atoms with Crippen molar-refractivity contribution in [2.75, 3.05) is 5.32 Å². The Kier molecular flexibility index (Phi) is 3.79. The van der Waals surface area contributed by atoms with Crippen molar-refractivity contribution < 1.29 is 9.90 Å². The molecular formula is C13H11ClN2O2. The van der Waals surface area contributed by atoms with Gasteiger partial charge in [0.1, 0.15) is 5.56 Å². The van der Waals surface area contributed by atoms with Crippen molar-refractivity contribution in [2.45, 2.75) is 6.54 Å². The first-order valence-corrected chi connectivity index (χ1v) is 5.71. The average molecular weight is 263 g/mol. The fraction of sp³-hybridized carbons (Fsp3) is 0.0769. The van der Waals surface area contributed by atoms with Crippen LogP contribution in [0.1, 0.15) is 15.9 Å². The first-order chi connectivity index (χ1) is 8.68. The average Bonchev–Trinajstić information content (AvgIpc) is 2.37. The van der Waals surface area contributed by atoms with Gasteiger partial charge in [-0.2, -0.15) is 0 Å². The molecule has 4 nitrogen and oxygen atoms in total. The normalized spacial score (nSPS) is 10.1. The van der Waals surface area contributed by atoms with E-state index in [4.69, 9.17) is 16.7 Å². The molecule has 2 rings (SSSR count). The summed E-state index contributed by atoms with van der Waals surface area (Å²) in [6, 6.07) is 8.68. The zero-order valence-corrected chi connectivity index (χ0v) is 10.2. The zero-order chi connectivity index (χ0) is 13.0. The molecule has 92 valence electrons. The smallest absolute Gasteiger partial charge is 0.339 e. The van der Waals surface area contributed by atoms with Crippen molar-refractivity contribution in [1.29, 1.82) is 0 Å². The van der Waals surface area contributed by atoms with E-state index in [1.54, 1.807) is 30.6 Å². The van der Waals surface area contributed by atoms with E-state index in [-0.39, 0.29) is 10.6 Å². The number of anilines is 1. The lowest BCUT2D eigenvalue weighted by Crippen LogP contribution is -2.07. The molecule has 0 aliphatic carbocycles. The number of hydrogen-bond acceptors (Lipinski definition) is 3. The topological polar surface area (TPSA) is 62.2 Å². The van der Waals surface area contributed by atoms with Gasteiger partial charge in [0.15, 0.2) is 0 Å². The van der Waals surface area contributed by atoms with Crippen molar-refractivity contribution in [2.24, 2.45) is 0 Å². The summed E-state index contributed by atoms with van der Waals surface area (Å²) in [6.07, 6.45) is 3.41. The molecule has 0 aliphatic heterocycles. The maximum atomic E-state index is 11.1. The number of carboxylic acids is 1. The monoisotopic (exact) mass is 262 g/mol. The van der Waals surface area contributed by atoms with Crippen LogP contribution in [0.2, 0.25) is 5.02 Å². The zero-order valence-electron chi connectivity index (χ0n) is 9.43. The second kappa shape index (κ2) is 5.51. The molecule has 1 aromatic heterocycles. The van der Waals surface area contributed by atoms with Gasteiger partial charge in [-0.3, -0.25) is 4.98 Å². The summed E-state index contributed by atoms with van der Waals surface area (Å²) in [7, 11) is 0. The van der Waals surface area contributed by atoms with Crippen molar-refractivity contribution in [3.63, 3.8) is 0 Å². The van der Waals surface area contributed by atoms with Gasteiger partial charge in [0, 0.05) is 18.9 Å². The van der Waals surface area contributed by atoms with Crippen LogP contribution in [0.3, 0.4) is 0 Å². The lowest BCUT2D eigenvalue weighted by Gasteiger charge is -2.10. The van der Waals surface area contributed by atoms with Gasteiger partial charge in [-0.05, 0) is 23.8 Å². The SMILES string of the molecule is O=C(O)c1c(Cl)cccc1NCc1cccnc1. The van der Waals surface area contributed by atoms with Gasteiger partial charge in [-0.15, -0.1) is 0 Å². The summed E-state index contributed by atoms with van der Waals surface area (Å²) in [5, 5.41) is 12.4. The fourth-order valence-electron chi connectivity index (χ4n) is 1.59. The molecule has 2 aromatic rings. The lowest BCUT2D eigenvalue weighted by molar-refractivity contribution is 0.0698. The van der Waals surface area contributed by atoms with Crippen LogP contribution in [0.25, 0.3) is 0 Å². The van der Waals surface area contributed by atoms with Gasteiger partial charge in [-0.25, -0.2) is 4.79 Å². The number of nitrogens with one attached hydrogen (secondary N) is 1. The highest BCUT2D eigenvalue weighted by Gasteiger charge is 2.13. The number of carbonyl (C=O) groups is 1. The van der Waals surface area contributed by atoms with E-state index in [9.17, 15) is 4.79 Å². The first-order valence-electron chi connectivity index (χ1n) is 5.33. The summed E-state index contributed by atoms with van der Waals surface area (Å²) in [6.45, 7) is 0.495. The predicted molar refractivity (Wildman–Crippen MR) is 70.0 cm³/mol. The molecule has 18 heavy (non-hydrogen) atoms. The Morgan fingerprint density at radius 1 is 1.33 bits per heavy atom. The maximum Gasteiger partial charge on any atom is 0.339 e. The Morgan fingerprint density at radius 2 is 2.17 bits per heavy atom. The highest BCUT2D eigenvalue weighted by molar-refractivity contribution is 6.34. The first kappa shape index (κ1) is 12.4. The van der Waals surface area contributed by atoms with Crippen molar-refractivity contribution in [3.05, 3.63) is 58.9 Å². The molecule has 0 fully saturated rings. The van der Waals surface area contributed by atoms with Crippen molar-refractivity contribution >= 4 is 23.3 Å². The number of rotatable bonds is 4. The van der Waals surface area contributed by atoms with E-state index in [2.05, 4.69) is 10.3 Å². The summed E-state index contributed by atoms with van der Waals surface area (Å²) >= 11 is 5.87. The van der Waals surface area contributed by atoms with E-state index >= 15 is 0 Å². The van der Waals surface area contributed by atoms with Crippen LogP contribution in [0, 0.1) is 0 Å². The molecule has 0 saturated carbocycles. The van der Waals surface area contributed by atoms with Crippen molar-refractivity contribution in [3.8, 4) is 0 Å². The number of aromatic nitrogens is 1.